The van der Waals surface area contributed by atoms with E-state index in [1.54, 1.807) is 7.11 Å². The maximum atomic E-state index is 9.22. The molecule has 2 aliphatic rings. The fourth-order valence-corrected chi connectivity index (χ4v) is 5.31. The number of pyridine rings is 1. The van der Waals surface area contributed by atoms with Gasteiger partial charge in [0.1, 0.15) is 6.61 Å². The molecule has 3 aromatic carbocycles. The van der Waals surface area contributed by atoms with E-state index in [-0.39, 0.29) is 6.04 Å². The molecule has 7 heteroatoms. The molecule has 0 spiro atoms. The van der Waals surface area contributed by atoms with Crippen LogP contribution in [-0.2, 0) is 17.9 Å². The molecule has 4 aromatic rings. The van der Waals surface area contributed by atoms with E-state index >= 15 is 0 Å². The lowest BCUT2D eigenvalue weighted by molar-refractivity contribution is 0.0342. The molecule has 0 amide bonds. The number of benzene rings is 3. The topological polar surface area (TPSA) is 80.0 Å². The van der Waals surface area contributed by atoms with Gasteiger partial charge >= 0.3 is 0 Å². The third-order valence-electron chi connectivity index (χ3n) is 7.38. The Hall–Kier alpha value is -4.25. The quantitative estimate of drug-likeness (QED) is 0.324. The largest absolute Gasteiger partial charge is 0.493 e. The van der Waals surface area contributed by atoms with E-state index in [2.05, 4.69) is 42.2 Å². The Morgan fingerprint density at radius 2 is 1.82 bits per heavy atom. The number of hydrogen-bond acceptors (Lipinski definition) is 7. The van der Waals surface area contributed by atoms with Crippen molar-refractivity contribution in [3.05, 3.63) is 100 Å². The van der Waals surface area contributed by atoms with Gasteiger partial charge in [0.2, 0.25) is 0 Å². The standard InChI is InChI=1S/C32H30N4O3/c1-21-27-18-34-28-16-29(37-2)30(15-26(28)31(27)32(35-21)25-8-6-22(17-33)7-9-25)39-20-24-5-3-4-23(14-24)19-36-10-12-38-13-11-36/h3-9,14-16,18,21H,10-13,19-20H2,1-2H3. The normalized spacial score (nSPS) is 16.9. The first-order valence-corrected chi connectivity index (χ1v) is 13.2. The lowest BCUT2D eigenvalue weighted by Crippen LogP contribution is -2.35. The number of fused-ring (bicyclic) bond motifs is 3. The van der Waals surface area contributed by atoms with Crippen molar-refractivity contribution in [2.45, 2.75) is 26.1 Å². The highest BCUT2D eigenvalue weighted by molar-refractivity contribution is 6.21. The molecule has 1 fully saturated rings. The van der Waals surface area contributed by atoms with E-state index in [0.29, 0.717) is 23.7 Å². The molecule has 1 unspecified atom stereocenters. The minimum Gasteiger partial charge on any atom is -0.493 e. The van der Waals surface area contributed by atoms with Gasteiger partial charge in [0.15, 0.2) is 11.5 Å². The van der Waals surface area contributed by atoms with Gasteiger partial charge in [-0.05, 0) is 36.2 Å². The Kier molecular flexibility index (Phi) is 6.97. The molecule has 7 nitrogen and oxygen atoms in total. The van der Waals surface area contributed by atoms with Crippen molar-refractivity contribution in [2.75, 3.05) is 33.4 Å². The summed E-state index contributed by atoms with van der Waals surface area (Å²) in [6.07, 6.45) is 1.91. The first-order chi connectivity index (χ1) is 19.1. The van der Waals surface area contributed by atoms with Crippen LogP contribution >= 0.6 is 0 Å². The van der Waals surface area contributed by atoms with Crippen molar-refractivity contribution in [3.63, 3.8) is 0 Å². The summed E-state index contributed by atoms with van der Waals surface area (Å²) in [6, 6.07) is 22.2. The van der Waals surface area contributed by atoms with Gasteiger partial charge in [-0.1, -0.05) is 36.4 Å². The van der Waals surface area contributed by atoms with Gasteiger partial charge in [-0.15, -0.1) is 0 Å². The summed E-state index contributed by atoms with van der Waals surface area (Å²) in [5, 5.41) is 10.2. The number of ether oxygens (including phenoxy) is 3. The summed E-state index contributed by atoms with van der Waals surface area (Å²) in [5.41, 5.74) is 7.82. The van der Waals surface area contributed by atoms with E-state index < -0.39 is 0 Å². The van der Waals surface area contributed by atoms with Crippen molar-refractivity contribution >= 4 is 16.6 Å². The molecule has 196 valence electrons. The molecule has 39 heavy (non-hydrogen) atoms. The second kappa shape index (κ2) is 10.9. The van der Waals surface area contributed by atoms with E-state index in [4.69, 9.17) is 24.2 Å². The summed E-state index contributed by atoms with van der Waals surface area (Å²) >= 11 is 0. The van der Waals surface area contributed by atoms with E-state index in [1.807, 2.05) is 42.6 Å². The van der Waals surface area contributed by atoms with Crippen LogP contribution in [-0.4, -0.2) is 49.0 Å². The van der Waals surface area contributed by atoms with Gasteiger partial charge in [-0.2, -0.15) is 5.26 Å². The summed E-state index contributed by atoms with van der Waals surface area (Å²) in [4.78, 5) is 12.1. The minimum absolute atomic E-state index is 0.0109. The highest BCUT2D eigenvalue weighted by atomic mass is 16.5. The van der Waals surface area contributed by atoms with Gasteiger partial charge in [-0.3, -0.25) is 14.9 Å². The molecular formula is C32H30N4O3. The molecule has 0 saturated carbocycles. The Morgan fingerprint density at radius 3 is 2.59 bits per heavy atom. The van der Waals surface area contributed by atoms with Gasteiger partial charge in [0.05, 0.1) is 49.2 Å². The first kappa shape index (κ1) is 25.1. The number of nitriles is 1. The number of hydrogen-bond donors (Lipinski definition) is 0. The molecule has 3 heterocycles. The lowest BCUT2D eigenvalue weighted by atomic mass is 9.95. The van der Waals surface area contributed by atoms with Gasteiger partial charge in [0.25, 0.3) is 0 Å². The van der Waals surface area contributed by atoms with Crippen LogP contribution in [0.4, 0.5) is 0 Å². The average molecular weight is 519 g/mol. The highest BCUT2D eigenvalue weighted by Crippen LogP contribution is 2.40. The molecule has 1 atom stereocenters. The summed E-state index contributed by atoms with van der Waals surface area (Å²) in [5.74, 6) is 1.31. The fourth-order valence-electron chi connectivity index (χ4n) is 5.31. The van der Waals surface area contributed by atoms with Crippen LogP contribution in [0.1, 0.15) is 46.3 Å². The third kappa shape index (κ3) is 5.09. The number of rotatable bonds is 7. The van der Waals surface area contributed by atoms with Crippen LogP contribution in [0.15, 0.2) is 71.9 Å². The molecule has 0 bridgehead atoms. The number of methoxy groups -OCH3 is 1. The van der Waals surface area contributed by atoms with Crippen molar-refractivity contribution in [1.29, 1.82) is 5.26 Å². The van der Waals surface area contributed by atoms with Crippen molar-refractivity contribution < 1.29 is 14.2 Å². The predicted molar refractivity (Wildman–Crippen MR) is 150 cm³/mol. The summed E-state index contributed by atoms with van der Waals surface area (Å²) in [6.45, 7) is 6.91. The van der Waals surface area contributed by atoms with Crippen LogP contribution in [0, 0.1) is 11.3 Å². The number of nitrogens with zero attached hydrogens (tertiary/aromatic N) is 4. The van der Waals surface area contributed by atoms with Crippen LogP contribution < -0.4 is 9.47 Å². The van der Waals surface area contributed by atoms with Gasteiger partial charge < -0.3 is 14.2 Å². The molecule has 6 rings (SSSR count). The van der Waals surface area contributed by atoms with E-state index in [1.165, 1.54) is 5.56 Å². The fraction of sp³-hybridized carbons (Fsp3) is 0.281. The molecule has 0 radical (unpaired) electrons. The summed E-state index contributed by atoms with van der Waals surface area (Å²) < 4.78 is 17.5. The minimum atomic E-state index is -0.0109. The third-order valence-corrected chi connectivity index (χ3v) is 7.38. The van der Waals surface area contributed by atoms with E-state index in [0.717, 1.165) is 71.7 Å². The van der Waals surface area contributed by atoms with Crippen LogP contribution in [0.5, 0.6) is 11.5 Å². The van der Waals surface area contributed by atoms with Crippen molar-refractivity contribution in [3.8, 4) is 17.6 Å². The Morgan fingerprint density at radius 1 is 1.03 bits per heavy atom. The second-order valence-corrected chi connectivity index (χ2v) is 9.95. The van der Waals surface area contributed by atoms with E-state index in [9.17, 15) is 5.26 Å². The van der Waals surface area contributed by atoms with Crippen LogP contribution in [0.3, 0.4) is 0 Å². The monoisotopic (exact) mass is 518 g/mol. The Labute approximate surface area is 228 Å². The van der Waals surface area contributed by atoms with Gasteiger partial charge in [0, 0.05) is 54.0 Å². The van der Waals surface area contributed by atoms with Crippen molar-refractivity contribution in [2.24, 2.45) is 4.99 Å². The smallest absolute Gasteiger partial charge is 0.162 e. The average Bonchev–Trinajstić information content (AvgIpc) is 3.33. The maximum absolute atomic E-state index is 9.22. The zero-order valence-corrected chi connectivity index (χ0v) is 22.2. The summed E-state index contributed by atoms with van der Waals surface area (Å²) in [7, 11) is 1.65. The zero-order chi connectivity index (χ0) is 26.8. The van der Waals surface area contributed by atoms with Crippen LogP contribution in [0.2, 0.25) is 0 Å². The Bertz CT molecular complexity index is 1580. The van der Waals surface area contributed by atoms with Crippen molar-refractivity contribution in [1.82, 2.24) is 9.88 Å². The molecular weight excluding hydrogens is 488 g/mol. The first-order valence-electron chi connectivity index (χ1n) is 13.2. The number of morpholine rings is 1. The lowest BCUT2D eigenvalue weighted by Gasteiger charge is -2.26. The second-order valence-electron chi connectivity index (χ2n) is 9.95. The highest BCUT2D eigenvalue weighted by Gasteiger charge is 2.27. The zero-order valence-electron chi connectivity index (χ0n) is 22.2. The van der Waals surface area contributed by atoms with Crippen LogP contribution in [0.25, 0.3) is 10.9 Å². The SMILES string of the molecule is COc1cc2ncc3c(c2cc1OCc1cccc(CN2CCOCC2)c1)C(c1ccc(C#N)cc1)=NC3C. The maximum Gasteiger partial charge on any atom is 0.162 e. The molecule has 1 saturated heterocycles. The number of aromatic nitrogens is 1. The molecule has 0 N–H and O–H groups in total. The number of aliphatic imine (C=N–C) groups is 1. The Balaban J connectivity index is 1.31. The van der Waals surface area contributed by atoms with Gasteiger partial charge in [-0.25, -0.2) is 0 Å². The molecule has 0 aliphatic carbocycles. The predicted octanol–water partition coefficient (Wildman–Crippen LogP) is 5.44. The molecule has 1 aromatic heterocycles. The molecule has 2 aliphatic heterocycles.